The second-order valence-corrected chi connectivity index (χ2v) is 5.48. The molecule has 0 aliphatic carbocycles. The van der Waals surface area contributed by atoms with Crippen molar-refractivity contribution in [3.8, 4) is 11.5 Å². The van der Waals surface area contributed by atoms with E-state index < -0.39 is 5.60 Å². The topological polar surface area (TPSA) is 71.0 Å². The lowest BCUT2D eigenvalue weighted by Gasteiger charge is -2.27. The summed E-state index contributed by atoms with van der Waals surface area (Å²) in [4.78, 5) is 14.1. The molecule has 0 fully saturated rings. The first-order valence-corrected chi connectivity index (χ1v) is 6.66. The zero-order valence-electron chi connectivity index (χ0n) is 13.3. The fraction of sp³-hybridized carbons (Fsp3) is 0.533. The van der Waals surface area contributed by atoms with Crippen LogP contribution in [0.2, 0.25) is 0 Å². The number of carbonyl (C=O) groups is 1. The fourth-order valence-electron chi connectivity index (χ4n) is 2.09. The first-order valence-electron chi connectivity index (χ1n) is 6.66. The molecule has 6 heteroatoms. The molecule has 0 spiro atoms. The zero-order chi connectivity index (χ0) is 16.0. The van der Waals surface area contributed by atoms with Crippen LogP contribution in [0.5, 0.6) is 11.5 Å². The number of ether oxygens (including phenoxy) is 2. The van der Waals surface area contributed by atoms with Gasteiger partial charge in [-0.1, -0.05) is 0 Å². The highest BCUT2D eigenvalue weighted by Crippen LogP contribution is 2.23. The van der Waals surface area contributed by atoms with Crippen LogP contribution in [-0.2, 0) is 0 Å². The van der Waals surface area contributed by atoms with Crippen LogP contribution in [0.1, 0.15) is 17.3 Å². The van der Waals surface area contributed by atoms with Gasteiger partial charge in [-0.15, -0.1) is 0 Å². The summed E-state index contributed by atoms with van der Waals surface area (Å²) in [5, 5.41) is 12.9. The lowest BCUT2D eigenvalue weighted by molar-refractivity contribution is 0.0325. The molecule has 0 radical (unpaired) electrons. The van der Waals surface area contributed by atoms with Gasteiger partial charge in [-0.25, -0.2) is 0 Å². The molecule has 1 aromatic rings. The van der Waals surface area contributed by atoms with Crippen molar-refractivity contribution < 1.29 is 19.4 Å². The van der Waals surface area contributed by atoms with Gasteiger partial charge >= 0.3 is 0 Å². The Morgan fingerprint density at radius 1 is 1.33 bits per heavy atom. The number of carbonyl (C=O) groups excluding carboxylic acids is 1. The van der Waals surface area contributed by atoms with Crippen molar-refractivity contribution in [2.24, 2.45) is 0 Å². The zero-order valence-corrected chi connectivity index (χ0v) is 13.3. The number of amides is 1. The molecule has 0 heterocycles. The Labute approximate surface area is 125 Å². The van der Waals surface area contributed by atoms with Crippen molar-refractivity contribution in [3.05, 3.63) is 23.8 Å². The smallest absolute Gasteiger partial charge is 0.255 e. The molecule has 2 N–H and O–H groups in total. The number of hydrogen-bond donors (Lipinski definition) is 2. The van der Waals surface area contributed by atoms with Crippen molar-refractivity contribution in [2.45, 2.75) is 12.5 Å². The Bertz CT molecular complexity index is 487. The van der Waals surface area contributed by atoms with Gasteiger partial charge in [-0.05, 0) is 39.2 Å². The average Bonchev–Trinajstić information content (AvgIpc) is 2.42. The number of benzene rings is 1. The van der Waals surface area contributed by atoms with Crippen molar-refractivity contribution in [3.63, 3.8) is 0 Å². The second-order valence-electron chi connectivity index (χ2n) is 5.48. The summed E-state index contributed by atoms with van der Waals surface area (Å²) in [5.41, 5.74) is -0.636. The predicted molar refractivity (Wildman–Crippen MR) is 81.1 cm³/mol. The Balaban J connectivity index is 2.80. The van der Waals surface area contributed by atoms with Gasteiger partial charge in [0.25, 0.3) is 5.91 Å². The molecule has 0 saturated carbocycles. The van der Waals surface area contributed by atoms with E-state index in [4.69, 9.17) is 9.47 Å². The average molecular weight is 296 g/mol. The van der Waals surface area contributed by atoms with E-state index in [-0.39, 0.29) is 12.5 Å². The van der Waals surface area contributed by atoms with Crippen molar-refractivity contribution in [2.75, 3.05) is 41.4 Å². The first kappa shape index (κ1) is 17.3. The van der Waals surface area contributed by atoms with Gasteiger partial charge < -0.3 is 24.8 Å². The van der Waals surface area contributed by atoms with Crippen LogP contribution < -0.4 is 14.8 Å². The normalized spacial score (nSPS) is 13.7. The van der Waals surface area contributed by atoms with Crippen LogP contribution in [-0.4, -0.2) is 62.9 Å². The van der Waals surface area contributed by atoms with Crippen LogP contribution >= 0.6 is 0 Å². The molecule has 1 atom stereocenters. The lowest BCUT2D eigenvalue weighted by atomic mass is 10.1. The number of nitrogens with one attached hydrogen (secondary N) is 1. The summed E-state index contributed by atoms with van der Waals surface area (Å²) in [6.07, 6.45) is 0. The largest absolute Gasteiger partial charge is 0.497 e. The summed E-state index contributed by atoms with van der Waals surface area (Å²) in [5.74, 6) is 0.714. The highest BCUT2D eigenvalue weighted by molar-refractivity contribution is 5.97. The summed E-state index contributed by atoms with van der Waals surface area (Å²) in [7, 11) is 6.76. The van der Waals surface area contributed by atoms with Gasteiger partial charge in [0.15, 0.2) is 0 Å². The van der Waals surface area contributed by atoms with Crippen LogP contribution in [0.3, 0.4) is 0 Å². The van der Waals surface area contributed by atoms with Gasteiger partial charge in [0.2, 0.25) is 0 Å². The third-order valence-corrected chi connectivity index (χ3v) is 2.94. The third-order valence-electron chi connectivity index (χ3n) is 2.94. The van der Waals surface area contributed by atoms with Crippen LogP contribution in [0.15, 0.2) is 18.2 Å². The molecule has 118 valence electrons. The highest BCUT2D eigenvalue weighted by Gasteiger charge is 2.23. The molecule has 1 rings (SSSR count). The quantitative estimate of drug-likeness (QED) is 0.777. The molecule has 6 nitrogen and oxygen atoms in total. The van der Waals surface area contributed by atoms with Gasteiger partial charge in [0.1, 0.15) is 11.5 Å². The molecular formula is C15H24N2O4. The van der Waals surface area contributed by atoms with E-state index >= 15 is 0 Å². The minimum absolute atomic E-state index is 0.143. The van der Waals surface area contributed by atoms with Gasteiger partial charge in [-0.3, -0.25) is 4.79 Å². The van der Waals surface area contributed by atoms with Gasteiger partial charge in [0, 0.05) is 13.1 Å². The molecule has 0 aromatic heterocycles. The summed E-state index contributed by atoms with van der Waals surface area (Å²) in [6, 6.07) is 5.00. The SMILES string of the molecule is COc1ccc(OC)c(C(=O)NCC(C)(O)CN(C)C)c1. The second kappa shape index (κ2) is 7.28. The Morgan fingerprint density at radius 2 is 2.00 bits per heavy atom. The molecule has 1 amide bonds. The molecule has 1 aromatic carbocycles. The molecule has 21 heavy (non-hydrogen) atoms. The van der Waals surface area contributed by atoms with E-state index in [0.717, 1.165) is 0 Å². The molecule has 0 aliphatic rings. The molecule has 0 saturated heterocycles. The van der Waals surface area contributed by atoms with Crippen LogP contribution in [0.4, 0.5) is 0 Å². The van der Waals surface area contributed by atoms with E-state index in [1.807, 2.05) is 19.0 Å². The minimum Gasteiger partial charge on any atom is -0.497 e. The number of rotatable bonds is 7. The third kappa shape index (κ3) is 5.24. The lowest BCUT2D eigenvalue weighted by Crippen LogP contribution is -2.47. The predicted octanol–water partition coefficient (Wildman–Crippen LogP) is 0.746. The Morgan fingerprint density at radius 3 is 2.52 bits per heavy atom. The van der Waals surface area contributed by atoms with Crippen molar-refractivity contribution in [1.29, 1.82) is 0 Å². The Kier molecular flexibility index (Phi) is 5.99. The summed E-state index contributed by atoms with van der Waals surface area (Å²) >= 11 is 0. The number of likely N-dealkylation sites (N-methyl/N-ethyl adjacent to an activating group) is 1. The minimum atomic E-state index is -1.01. The number of aliphatic hydroxyl groups is 1. The highest BCUT2D eigenvalue weighted by atomic mass is 16.5. The number of methoxy groups -OCH3 is 2. The molecular weight excluding hydrogens is 272 g/mol. The van der Waals surface area contributed by atoms with E-state index in [9.17, 15) is 9.90 Å². The maximum absolute atomic E-state index is 12.3. The van der Waals surface area contributed by atoms with Crippen LogP contribution in [0.25, 0.3) is 0 Å². The molecule has 0 bridgehead atoms. The number of hydrogen-bond acceptors (Lipinski definition) is 5. The van der Waals surface area contributed by atoms with Gasteiger partial charge in [-0.2, -0.15) is 0 Å². The van der Waals surface area contributed by atoms with E-state index in [1.165, 1.54) is 14.2 Å². The maximum atomic E-state index is 12.3. The standard InChI is InChI=1S/C15H24N2O4/c1-15(19,10-17(2)3)9-16-14(18)12-8-11(20-4)6-7-13(12)21-5/h6-8,19H,9-10H2,1-5H3,(H,16,18). The molecule has 0 aliphatic heterocycles. The summed E-state index contributed by atoms with van der Waals surface area (Å²) < 4.78 is 10.3. The summed E-state index contributed by atoms with van der Waals surface area (Å²) in [6.45, 7) is 2.27. The van der Waals surface area contributed by atoms with Crippen molar-refractivity contribution in [1.82, 2.24) is 10.2 Å². The van der Waals surface area contributed by atoms with Crippen molar-refractivity contribution >= 4 is 5.91 Å². The Hall–Kier alpha value is -1.79. The van der Waals surface area contributed by atoms with E-state index in [0.29, 0.717) is 23.6 Å². The molecule has 1 unspecified atom stereocenters. The van der Waals surface area contributed by atoms with Gasteiger partial charge in [0.05, 0.1) is 25.4 Å². The fourth-order valence-corrected chi connectivity index (χ4v) is 2.09. The number of nitrogens with zero attached hydrogens (tertiary/aromatic N) is 1. The first-order chi connectivity index (χ1) is 9.79. The van der Waals surface area contributed by atoms with E-state index in [1.54, 1.807) is 25.1 Å². The maximum Gasteiger partial charge on any atom is 0.255 e. The van der Waals surface area contributed by atoms with Crippen LogP contribution in [0, 0.1) is 0 Å². The monoisotopic (exact) mass is 296 g/mol. The van der Waals surface area contributed by atoms with E-state index in [2.05, 4.69) is 5.32 Å².